The number of piperidine rings is 1. The Morgan fingerprint density at radius 2 is 1.82 bits per heavy atom. The molecule has 3 heteroatoms. The molecule has 2 aromatic rings. The van der Waals surface area contributed by atoms with Gasteiger partial charge in [-0.3, -0.25) is 4.90 Å². The van der Waals surface area contributed by atoms with Crippen molar-refractivity contribution in [2.45, 2.75) is 24.8 Å². The highest BCUT2D eigenvalue weighted by Crippen LogP contribution is 2.55. The zero-order valence-corrected chi connectivity index (χ0v) is 14.1. The molecule has 0 N–H and O–H groups in total. The first kappa shape index (κ1) is 14.6. The fraction of sp³-hybridized carbons (Fsp3) is 0.368. The van der Waals surface area contributed by atoms with Crippen molar-refractivity contribution in [3.8, 4) is 0 Å². The summed E-state index contributed by atoms with van der Waals surface area (Å²) in [6.07, 6.45) is 2.50. The minimum Gasteiger partial charge on any atom is -0.299 e. The Bertz CT molecular complexity index is 712. The third-order valence-corrected chi connectivity index (χ3v) is 5.88. The molecule has 1 saturated heterocycles. The lowest BCUT2D eigenvalue weighted by Crippen LogP contribution is -2.34. The van der Waals surface area contributed by atoms with Crippen LogP contribution in [0.25, 0.3) is 0 Å². The van der Waals surface area contributed by atoms with Crippen molar-refractivity contribution in [2.75, 3.05) is 13.6 Å². The standard InChI is InChI=1S/C19H19Cl2N/c1-22-10-4-6-15-18(14-5-2-3-7-17(14)21)13-9-8-12(20)11-16(13)19(15)22/h2-3,5,7-9,11,15,18-19H,4,6,10H2,1H3. The number of hydrogen-bond acceptors (Lipinski definition) is 1. The Kier molecular flexibility index (Phi) is 3.68. The van der Waals surface area contributed by atoms with Crippen molar-refractivity contribution >= 4 is 23.2 Å². The summed E-state index contributed by atoms with van der Waals surface area (Å²) in [6, 6.07) is 15.1. The van der Waals surface area contributed by atoms with Gasteiger partial charge in [0.1, 0.15) is 0 Å². The second-order valence-electron chi connectivity index (χ2n) is 6.50. The number of hydrogen-bond donors (Lipinski definition) is 0. The Morgan fingerprint density at radius 1 is 1.00 bits per heavy atom. The number of nitrogens with zero attached hydrogens (tertiary/aromatic N) is 1. The van der Waals surface area contributed by atoms with E-state index in [4.69, 9.17) is 23.2 Å². The van der Waals surface area contributed by atoms with Crippen LogP contribution in [0.5, 0.6) is 0 Å². The van der Waals surface area contributed by atoms with Crippen LogP contribution in [0, 0.1) is 5.92 Å². The van der Waals surface area contributed by atoms with E-state index in [2.05, 4.69) is 36.2 Å². The van der Waals surface area contributed by atoms with Gasteiger partial charge in [0, 0.05) is 22.0 Å². The number of benzene rings is 2. The average Bonchev–Trinajstić information content (AvgIpc) is 2.82. The summed E-state index contributed by atoms with van der Waals surface area (Å²) in [5.41, 5.74) is 4.06. The summed E-state index contributed by atoms with van der Waals surface area (Å²) in [4.78, 5) is 2.49. The second kappa shape index (κ2) is 5.56. The maximum absolute atomic E-state index is 6.53. The fourth-order valence-corrected chi connectivity index (χ4v) is 4.89. The van der Waals surface area contributed by atoms with E-state index in [0.29, 0.717) is 17.9 Å². The molecule has 1 aliphatic carbocycles. The van der Waals surface area contributed by atoms with Crippen LogP contribution in [-0.2, 0) is 0 Å². The van der Waals surface area contributed by atoms with E-state index < -0.39 is 0 Å². The topological polar surface area (TPSA) is 3.24 Å². The van der Waals surface area contributed by atoms with Crippen LogP contribution in [0.2, 0.25) is 10.0 Å². The first-order valence-electron chi connectivity index (χ1n) is 7.91. The van der Waals surface area contributed by atoms with Crippen molar-refractivity contribution < 1.29 is 0 Å². The Balaban J connectivity index is 1.90. The first-order chi connectivity index (χ1) is 10.7. The van der Waals surface area contributed by atoms with Crippen molar-refractivity contribution in [3.63, 3.8) is 0 Å². The predicted octanol–water partition coefficient (Wildman–Crippen LogP) is 5.52. The molecular formula is C19H19Cl2N. The molecule has 114 valence electrons. The van der Waals surface area contributed by atoms with Gasteiger partial charge in [-0.15, -0.1) is 0 Å². The summed E-state index contributed by atoms with van der Waals surface area (Å²) in [6.45, 7) is 1.16. The summed E-state index contributed by atoms with van der Waals surface area (Å²) < 4.78 is 0. The van der Waals surface area contributed by atoms with Crippen LogP contribution in [0.1, 0.15) is 41.5 Å². The molecule has 1 nitrogen and oxygen atoms in total. The molecule has 0 spiro atoms. The summed E-state index contributed by atoms with van der Waals surface area (Å²) >= 11 is 12.8. The molecule has 3 unspecified atom stereocenters. The zero-order chi connectivity index (χ0) is 15.3. The van der Waals surface area contributed by atoms with Gasteiger partial charge in [0.15, 0.2) is 0 Å². The smallest absolute Gasteiger partial charge is 0.0444 e. The van der Waals surface area contributed by atoms with Gasteiger partial charge in [-0.1, -0.05) is 47.5 Å². The van der Waals surface area contributed by atoms with Crippen molar-refractivity contribution in [1.29, 1.82) is 0 Å². The lowest BCUT2D eigenvalue weighted by Gasteiger charge is -2.37. The van der Waals surface area contributed by atoms with E-state index in [1.54, 1.807) is 0 Å². The molecular weight excluding hydrogens is 313 g/mol. The Hall–Kier alpha value is -1.02. The van der Waals surface area contributed by atoms with Crippen LogP contribution in [0.4, 0.5) is 0 Å². The largest absolute Gasteiger partial charge is 0.299 e. The van der Waals surface area contributed by atoms with Gasteiger partial charge in [0.2, 0.25) is 0 Å². The minimum absolute atomic E-state index is 0.383. The van der Waals surface area contributed by atoms with Crippen LogP contribution >= 0.6 is 23.2 Å². The third-order valence-electron chi connectivity index (χ3n) is 5.30. The Labute approximate surface area is 141 Å². The molecule has 0 bridgehead atoms. The van der Waals surface area contributed by atoms with Crippen LogP contribution in [-0.4, -0.2) is 18.5 Å². The van der Waals surface area contributed by atoms with Crippen molar-refractivity contribution in [2.24, 2.45) is 5.92 Å². The highest BCUT2D eigenvalue weighted by molar-refractivity contribution is 6.31. The molecule has 1 heterocycles. The van der Waals surface area contributed by atoms with Crippen molar-refractivity contribution in [1.82, 2.24) is 4.90 Å². The lowest BCUT2D eigenvalue weighted by atomic mass is 9.80. The highest BCUT2D eigenvalue weighted by Gasteiger charge is 2.45. The molecule has 0 amide bonds. The molecule has 1 aliphatic heterocycles. The first-order valence-corrected chi connectivity index (χ1v) is 8.66. The normalized spacial score (nSPS) is 27.5. The molecule has 0 saturated carbocycles. The van der Waals surface area contributed by atoms with Gasteiger partial charge >= 0.3 is 0 Å². The monoisotopic (exact) mass is 331 g/mol. The van der Waals surface area contributed by atoms with Gasteiger partial charge in [0.05, 0.1) is 0 Å². The van der Waals surface area contributed by atoms with Gasteiger partial charge in [-0.2, -0.15) is 0 Å². The average molecular weight is 332 g/mol. The molecule has 0 aromatic heterocycles. The summed E-state index contributed by atoms with van der Waals surface area (Å²) in [5.74, 6) is 0.973. The van der Waals surface area contributed by atoms with Gasteiger partial charge in [0.25, 0.3) is 0 Å². The van der Waals surface area contributed by atoms with Gasteiger partial charge in [-0.25, -0.2) is 0 Å². The lowest BCUT2D eigenvalue weighted by molar-refractivity contribution is 0.127. The van der Waals surface area contributed by atoms with Crippen LogP contribution in [0.15, 0.2) is 42.5 Å². The maximum Gasteiger partial charge on any atom is 0.0444 e. The van der Waals surface area contributed by atoms with Gasteiger partial charge in [-0.05, 0) is 67.2 Å². The quantitative estimate of drug-likeness (QED) is 0.664. The highest BCUT2D eigenvalue weighted by atomic mass is 35.5. The maximum atomic E-state index is 6.53. The van der Waals surface area contributed by atoms with Crippen molar-refractivity contribution in [3.05, 3.63) is 69.2 Å². The van der Waals surface area contributed by atoms with E-state index in [1.165, 1.54) is 29.5 Å². The molecule has 2 aliphatic rings. The second-order valence-corrected chi connectivity index (χ2v) is 7.35. The SMILES string of the molecule is CN1CCCC2C(c3ccccc3Cl)c3ccc(Cl)cc3C21. The minimum atomic E-state index is 0.383. The van der Waals surface area contributed by atoms with Crippen LogP contribution < -0.4 is 0 Å². The van der Waals surface area contributed by atoms with Crippen LogP contribution in [0.3, 0.4) is 0 Å². The molecule has 0 radical (unpaired) electrons. The molecule has 1 fully saturated rings. The summed E-state index contributed by atoms with van der Waals surface area (Å²) in [7, 11) is 2.23. The Morgan fingerprint density at radius 3 is 2.64 bits per heavy atom. The predicted molar refractivity (Wildman–Crippen MR) is 92.8 cm³/mol. The fourth-order valence-electron chi connectivity index (χ4n) is 4.46. The van der Waals surface area contributed by atoms with E-state index in [9.17, 15) is 0 Å². The molecule has 4 rings (SSSR count). The van der Waals surface area contributed by atoms with E-state index >= 15 is 0 Å². The van der Waals surface area contributed by atoms with E-state index in [-0.39, 0.29) is 0 Å². The number of likely N-dealkylation sites (tertiary alicyclic amines) is 1. The molecule has 22 heavy (non-hydrogen) atoms. The molecule has 2 aromatic carbocycles. The van der Waals surface area contributed by atoms with Gasteiger partial charge < -0.3 is 0 Å². The molecule has 3 atom stereocenters. The summed E-state index contributed by atoms with van der Waals surface area (Å²) in [5, 5.41) is 1.71. The number of halogens is 2. The van der Waals surface area contributed by atoms with E-state index in [0.717, 1.165) is 16.6 Å². The zero-order valence-electron chi connectivity index (χ0n) is 12.6. The van der Waals surface area contributed by atoms with E-state index in [1.807, 2.05) is 18.2 Å². The number of rotatable bonds is 1. The number of fused-ring (bicyclic) bond motifs is 3. The third kappa shape index (κ3) is 2.19.